The molecule has 0 aromatic heterocycles. The lowest BCUT2D eigenvalue weighted by Crippen LogP contribution is -2.65. The monoisotopic (exact) mass is 605 g/mol. The second kappa shape index (κ2) is 12.1. The Bertz CT molecular complexity index is 1320. The van der Waals surface area contributed by atoms with Gasteiger partial charge in [-0.15, -0.1) is 0 Å². The van der Waals surface area contributed by atoms with Crippen molar-refractivity contribution in [3.05, 3.63) is 41.5 Å². The Balaban J connectivity index is 1.37. The van der Waals surface area contributed by atoms with Gasteiger partial charge in [-0.1, -0.05) is 52.8 Å². The predicted octanol–water partition coefficient (Wildman–Crippen LogP) is 5.78. The van der Waals surface area contributed by atoms with Crippen LogP contribution in [0.15, 0.2) is 35.9 Å². The van der Waals surface area contributed by atoms with Gasteiger partial charge in [0.2, 0.25) is 0 Å². The van der Waals surface area contributed by atoms with Crippen LogP contribution in [0.25, 0.3) is 0 Å². The number of carbonyl (C=O) groups is 2. The van der Waals surface area contributed by atoms with E-state index in [0.717, 1.165) is 37.0 Å². The molecule has 2 aliphatic heterocycles. The summed E-state index contributed by atoms with van der Waals surface area (Å²) in [6, 6.07) is 9.85. The van der Waals surface area contributed by atoms with E-state index in [2.05, 4.69) is 26.8 Å². The molecule has 3 aliphatic carbocycles. The minimum atomic E-state index is -0.761. The molecule has 0 N–H and O–H groups in total. The summed E-state index contributed by atoms with van der Waals surface area (Å²) in [4.78, 5) is 30.4. The number of nitrogens with zero attached hydrogens (tertiary/aromatic N) is 3. The number of benzene rings is 1. The minimum absolute atomic E-state index is 0.0301. The second-order valence-corrected chi connectivity index (χ2v) is 14.9. The zero-order valence-electron chi connectivity index (χ0n) is 27.6. The number of methoxy groups -OCH3 is 1. The molecule has 10 heteroatoms. The standard InChI is InChI=1S/C34H48BN3O6/c1-32(2,3)20-23(21-36)30(39)38-16-10-9-11-29(38)42-31(40)37(7)28(17-22-12-14-25(41-8)15-13-22)35-43-27-19-24-18-26(33(24,4)5)34(27,6)44-35/h12-15,20,24,26-29H,9-11,16-19H2,1-8H3/t24-,26-,27+,28-,29+,34-/m0/s1. The van der Waals surface area contributed by atoms with E-state index in [1.807, 2.05) is 45.0 Å². The van der Waals surface area contributed by atoms with Gasteiger partial charge in [-0.05, 0) is 79.4 Å². The van der Waals surface area contributed by atoms with E-state index in [-0.39, 0.29) is 22.5 Å². The van der Waals surface area contributed by atoms with E-state index in [1.165, 1.54) is 4.90 Å². The van der Waals surface area contributed by atoms with Crippen molar-refractivity contribution < 1.29 is 28.4 Å². The van der Waals surface area contributed by atoms with E-state index in [9.17, 15) is 14.9 Å². The van der Waals surface area contributed by atoms with Gasteiger partial charge < -0.3 is 28.6 Å². The number of amides is 2. The number of hydrogen-bond acceptors (Lipinski definition) is 7. The Morgan fingerprint density at radius 3 is 2.52 bits per heavy atom. The predicted molar refractivity (Wildman–Crippen MR) is 167 cm³/mol. The number of hydrogen-bond donors (Lipinski definition) is 0. The summed E-state index contributed by atoms with van der Waals surface area (Å²) in [7, 11) is 2.71. The van der Waals surface area contributed by atoms with Crippen LogP contribution >= 0.6 is 0 Å². The Kier molecular flexibility index (Phi) is 8.87. The van der Waals surface area contributed by atoms with Crippen LogP contribution in [0, 0.1) is 34.0 Å². The third-order valence-corrected chi connectivity index (χ3v) is 10.5. The average molecular weight is 606 g/mol. The lowest BCUT2D eigenvalue weighted by molar-refractivity contribution is -0.199. The summed E-state index contributed by atoms with van der Waals surface area (Å²) in [6.45, 7) is 13.1. The van der Waals surface area contributed by atoms with Crippen LogP contribution < -0.4 is 4.74 Å². The van der Waals surface area contributed by atoms with Gasteiger partial charge in [-0.25, -0.2) is 4.79 Å². The van der Waals surface area contributed by atoms with Crippen LogP contribution in [0.4, 0.5) is 4.79 Å². The van der Waals surface area contributed by atoms with Crippen molar-refractivity contribution in [3.8, 4) is 11.8 Å². The van der Waals surface area contributed by atoms with Crippen molar-refractivity contribution in [1.29, 1.82) is 5.26 Å². The summed E-state index contributed by atoms with van der Waals surface area (Å²) in [5.41, 5.74) is 0.498. The highest BCUT2D eigenvalue weighted by molar-refractivity contribution is 6.47. The van der Waals surface area contributed by atoms with E-state index >= 15 is 0 Å². The van der Waals surface area contributed by atoms with Gasteiger partial charge in [-0.3, -0.25) is 4.79 Å². The van der Waals surface area contributed by atoms with Crippen LogP contribution in [-0.4, -0.2) is 73.5 Å². The molecule has 0 unspecified atom stereocenters. The van der Waals surface area contributed by atoms with Crippen molar-refractivity contribution >= 4 is 19.1 Å². The first-order chi connectivity index (χ1) is 20.7. The van der Waals surface area contributed by atoms with E-state index in [1.54, 1.807) is 25.1 Å². The molecule has 0 radical (unpaired) electrons. The number of piperidine rings is 1. The van der Waals surface area contributed by atoms with Crippen molar-refractivity contribution in [1.82, 2.24) is 9.80 Å². The number of rotatable bonds is 7. The number of nitriles is 1. The normalized spacial score (nSPS) is 30.0. The van der Waals surface area contributed by atoms with Crippen LogP contribution in [-0.2, 0) is 25.3 Å². The lowest BCUT2D eigenvalue weighted by atomic mass is 9.43. The third-order valence-electron chi connectivity index (χ3n) is 10.5. The summed E-state index contributed by atoms with van der Waals surface area (Å²) < 4.78 is 24.9. The molecule has 1 aromatic carbocycles. The Hall–Kier alpha value is -3.03. The van der Waals surface area contributed by atoms with Gasteiger partial charge in [0.1, 0.15) is 17.4 Å². The number of carbonyl (C=O) groups excluding carboxylic acids is 2. The van der Waals surface area contributed by atoms with Gasteiger partial charge in [0, 0.05) is 20.0 Å². The molecular weight excluding hydrogens is 557 g/mol. The molecule has 0 spiro atoms. The van der Waals surface area contributed by atoms with Crippen LogP contribution in [0.1, 0.15) is 79.2 Å². The fourth-order valence-electron chi connectivity index (χ4n) is 7.80. The van der Waals surface area contributed by atoms with Gasteiger partial charge in [0.25, 0.3) is 5.91 Å². The number of allylic oxidation sites excluding steroid dienone is 1. The first-order valence-electron chi connectivity index (χ1n) is 16.0. The van der Waals surface area contributed by atoms with Crippen LogP contribution in [0.5, 0.6) is 5.75 Å². The maximum absolute atomic E-state index is 13.9. The van der Waals surface area contributed by atoms with E-state index < -0.39 is 36.9 Å². The number of likely N-dealkylation sites (tertiary alicyclic amines) is 1. The Labute approximate surface area is 263 Å². The van der Waals surface area contributed by atoms with Crippen LogP contribution in [0.3, 0.4) is 0 Å². The molecule has 2 amide bonds. The molecule has 3 saturated carbocycles. The van der Waals surface area contributed by atoms with Crippen molar-refractivity contribution in [2.24, 2.45) is 22.7 Å². The molecule has 6 rings (SSSR count). The summed E-state index contributed by atoms with van der Waals surface area (Å²) in [5, 5.41) is 9.76. The molecule has 9 nitrogen and oxygen atoms in total. The molecule has 2 bridgehead atoms. The summed E-state index contributed by atoms with van der Waals surface area (Å²) in [5.74, 6) is 0.877. The van der Waals surface area contributed by atoms with Gasteiger partial charge >= 0.3 is 13.2 Å². The smallest absolute Gasteiger partial charge is 0.482 e. The number of ether oxygens (including phenoxy) is 2. The maximum atomic E-state index is 13.9. The molecule has 1 aromatic rings. The Morgan fingerprint density at radius 2 is 1.91 bits per heavy atom. The minimum Gasteiger partial charge on any atom is -0.497 e. The fourth-order valence-corrected chi connectivity index (χ4v) is 7.80. The first-order valence-corrected chi connectivity index (χ1v) is 16.0. The average Bonchev–Trinajstić information content (AvgIpc) is 3.35. The van der Waals surface area contributed by atoms with Crippen molar-refractivity contribution in [2.75, 3.05) is 20.7 Å². The SMILES string of the molecule is COc1ccc(C[C@@H](B2O[C@@H]3C[C@@H]4C[C@@H](C4(C)C)[C@]3(C)O2)N(C)C(=O)O[C@@H]2CCCCN2C(=O)C(C#N)=CC(C)(C)C)cc1. The molecule has 44 heavy (non-hydrogen) atoms. The molecule has 5 fully saturated rings. The van der Waals surface area contributed by atoms with Gasteiger partial charge in [-0.2, -0.15) is 5.26 Å². The second-order valence-electron chi connectivity index (χ2n) is 14.9. The highest BCUT2D eigenvalue weighted by Crippen LogP contribution is 2.65. The zero-order chi connectivity index (χ0) is 32.0. The summed E-state index contributed by atoms with van der Waals surface area (Å²) >= 11 is 0. The van der Waals surface area contributed by atoms with Crippen molar-refractivity contribution in [2.45, 2.75) is 104 Å². The molecular formula is C34H48BN3O6. The van der Waals surface area contributed by atoms with Crippen molar-refractivity contribution in [3.63, 3.8) is 0 Å². The zero-order valence-corrected chi connectivity index (χ0v) is 27.6. The maximum Gasteiger partial charge on any atom is 0.482 e. The van der Waals surface area contributed by atoms with E-state index in [0.29, 0.717) is 31.2 Å². The van der Waals surface area contributed by atoms with Gasteiger partial charge in [0.15, 0.2) is 6.23 Å². The highest BCUT2D eigenvalue weighted by atomic mass is 16.7. The Morgan fingerprint density at radius 1 is 1.20 bits per heavy atom. The van der Waals surface area contributed by atoms with E-state index in [4.69, 9.17) is 18.8 Å². The first kappa shape index (κ1) is 32.4. The largest absolute Gasteiger partial charge is 0.497 e. The van der Waals surface area contributed by atoms with Crippen LogP contribution in [0.2, 0.25) is 0 Å². The quantitative estimate of drug-likeness (QED) is 0.221. The molecule has 238 valence electrons. The highest BCUT2D eigenvalue weighted by Gasteiger charge is 2.68. The summed E-state index contributed by atoms with van der Waals surface area (Å²) in [6.07, 6.45) is 5.02. The third kappa shape index (κ3) is 6.10. The lowest BCUT2D eigenvalue weighted by Gasteiger charge is -2.64. The fraction of sp³-hybridized carbons (Fsp3) is 0.676. The number of likely N-dealkylation sites (N-methyl/N-ethyl adjacent to an activating group) is 1. The molecule has 2 saturated heterocycles. The van der Waals surface area contributed by atoms with Gasteiger partial charge in [0.05, 0.1) is 24.8 Å². The molecule has 5 aliphatic rings. The molecule has 6 atom stereocenters. The molecule has 2 heterocycles. The topological polar surface area (TPSA) is 101 Å².